The summed E-state index contributed by atoms with van der Waals surface area (Å²) in [6.45, 7) is 2.09. The molecule has 3 aromatic carbocycles. The normalized spacial score (nSPS) is 11.9. The standard InChI is InChI=1S/C25H21F3N4OS/c1-16(21-12-11-20(27)13-22(21)28)29-23(33)15-34-25-31-30-24(18-7-9-19(26)10-8-18)32(25)14-17-5-3-2-4-6-17/h2-13,16H,14-15H2,1H3,(H,29,33). The fourth-order valence-corrected chi connectivity index (χ4v) is 4.21. The SMILES string of the molecule is CC(NC(=O)CSc1nnc(-c2ccc(F)cc2)n1Cc1ccccc1)c1ccc(F)cc1F. The van der Waals surface area contributed by atoms with Gasteiger partial charge in [0.1, 0.15) is 17.5 Å². The van der Waals surface area contributed by atoms with Gasteiger partial charge < -0.3 is 5.32 Å². The fraction of sp³-hybridized carbons (Fsp3) is 0.160. The highest BCUT2D eigenvalue weighted by molar-refractivity contribution is 7.99. The van der Waals surface area contributed by atoms with Gasteiger partial charge in [-0.25, -0.2) is 13.2 Å². The van der Waals surface area contributed by atoms with Gasteiger partial charge in [0.05, 0.1) is 18.3 Å². The van der Waals surface area contributed by atoms with Crippen molar-refractivity contribution in [1.82, 2.24) is 20.1 Å². The molecule has 9 heteroatoms. The minimum atomic E-state index is -0.716. The van der Waals surface area contributed by atoms with Gasteiger partial charge in [-0.15, -0.1) is 10.2 Å². The first kappa shape index (κ1) is 23.6. The van der Waals surface area contributed by atoms with Crippen molar-refractivity contribution < 1.29 is 18.0 Å². The van der Waals surface area contributed by atoms with E-state index in [2.05, 4.69) is 15.5 Å². The lowest BCUT2D eigenvalue weighted by molar-refractivity contribution is -0.119. The number of nitrogens with one attached hydrogen (secondary N) is 1. The average Bonchev–Trinajstić information content (AvgIpc) is 3.21. The average molecular weight is 483 g/mol. The first-order chi connectivity index (χ1) is 16.4. The van der Waals surface area contributed by atoms with E-state index in [1.807, 2.05) is 34.9 Å². The molecule has 5 nitrogen and oxygen atoms in total. The first-order valence-electron chi connectivity index (χ1n) is 10.5. The molecule has 0 bridgehead atoms. The van der Waals surface area contributed by atoms with E-state index in [1.165, 1.54) is 30.0 Å². The third-order valence-electron chi connectivity index (χ3n) is 5.14. The lowest BCUT2D eigenvalue weighted by atomic mass is 10.1. The first-order valence-corrected chi connectivity index (χ1v) is 11.5. The Kier molecular flexibility index (Phi) is 7.32. The van der Waals surface area contributed by atoms with Crippen LogP contribution in [0.25, 0.3) is 11.4 Å². The van der Waals surface area contributed by atoms with E-state index in [9.17, 15) is 18.0 Å². The number of amides is 1. The molecule has 0 spiro atoms. The third-order valence-corrected chi connectivity index (χ3v) is 6.11. The topological polar surface area (TPSA) is 59.8 Å². The van der Waals surface area contributed by atoms with Crippen molar-refractivity contribution >= 4 is 17.7 Å². The second-order valence-corrected chi connectivity index (χ2v) is 8.57. The molecule has 174 valence electrons. The Balaban J connectivity index is 1.50. The van der Waals surface area contributed by atoms with E-state index in [0.29, 0.717) is 23.1 Å². The van der Waals surface area contributed by atoms with Crippen molar-refractivity contribution in [2.75, 3.05) is 5.75 Å². The Morgan fingerprint density at radius 2 is 1.68 bits per heavy atom. The molecule has 1 atom stereocenters. The second kappa shape index (κ2) is 10.6. The Labute approximate surface area is 199 Å². The van der Waals surface area contributed by atoms with Gasteiger partial charge in [-0.2, -0.15) is 0 Å². The number of thioether (sulfide) groups is 1. The molecule has 1 amide bonds. The summed E-state index contributed by atoms with van der Waals surface area (Å²) in [6.07, 6.45) is 0. The Hall–Kier alpha value is -3.59. The number of rotatable bonds is 8. The van der Waals surface area contributed by atoms with Crippen LogP contribution in [0.2, 0.25) is 0 Å². The van der Waals surface area contributed by atoms with Gasteiger partial charge in [-0.3, -0.25) is 9.36 Å². The van der Waals surface area contributed by atoms with Crippen LogP contribution >= 0.6 is 11.8 Å². The number of halogens is 3. The van der Waals surface area contributed by atoms with Gasteiger partial charge in [0, 0.05) is 17.2 Å². The van der Waals surface area contributed by atoms with E-state index < -0.39 is 17.7 Å². The van der Waals surface area contributed by atoms with Crippen molar-refractivity contribution in [1.29, 1.82) is 0 Å². The van der Waals surface area contributed by atoms with Crippen LogP contribution in [0.15, 0.2) is 78.0 Å². The quantitative estimate of drug-likeness (QED) is 0.343. The molecule has 1 unspecified atom stereocenters. The summed E-state index contributed by atoms with van der Waals surface area (Å²) in [5.74, 6) is -1.51. The molecular formula is C25H21F3N4OS. The summed E-state index contributed by atoms with van der Waals surface area (Å²) in [4.78, 5) is 12.5. The van der Waals surface area contributed by atoms with Crippen LogP contribution in [0.4, 0.5) is 13.2 Å². The van der Waals surface area contributed by atoms with Crippen LogP contribution in [0.1, 0.15) is 24.1 Å². The van der Waals surface area contributed by atoms with Gasteiger partial charge in [0.15, 0.2) is 11.0 Å². The van der Waals surface area contributed by atoms with E-state index in [-0.39, 0.29) is 23.0 Å². The van der Waals surface area contributed by atoms with Crippen molar-refractivity contribution in [3.8, 4) is 11.4 Å². The molecule has 0 fully saturated rings. The van der Waals surface area contributed by atoms with Gasteiger partial charge >= 0.3 is 0 Å². The predicted octanol–water partition coefficient (Wildman–Crippen LogP) is 5.38. The highest BCUT2D eigenvalue weighted by Crippen LogP contribution is 2.26. The molecule has 4 rings (SSSR count). The van der Waals surface area contributed by atoms with E-state index in [4.69, 9.17) is 0 Å². The van der Waals surface area contributed by atoms with Crippen LogP contribution in [0.3, 0.4) is 0 Å². The monoisotopic (exact) mass is 482 g/mol. The predicted molar refractivity (Wildman–Crippen MR) is 125 cm³/mol. The molecule has 1 aromatic heterocycles. The third kappa shape index (κ3) is 5.66. The van der Waals surface area contributed by atoms with Crippen molar-refractivity contribution in [2.45, 2.75) is 24.7 Å². The zero-order valence-electron chi connectivity index (χ0n) is 18.2. The van der Waals surface area contributed by atoms with Crippen molar-refractivity contribution in [3.05, 3.63) is 101 Å². The summed E-state index contributed by atoms with van der Waals surface area (Å²) in [7, 11) is 0. The molecule has 4 aromatic rings. The number of carbonyl (C=O) groups excluding carboxylic acids is 1. The van der Waals surface area contributed by atoms with Gasteiger partial charge in [0.2, 0.25) is 5.91 Å². The molecule has 0 radical (unpaired) electrons. The number of nitrogens with zero attached hydrogens (tertiary/aromatic N) is 3. The smallest absolute Gasteiger partial charge is 0.230 e. The minimum Gasteiger partial charge on any atom is -0.349 e. The van der Waals surface area contributed by atoms with Crippen LogP contribution in [0.5, 0.6) is 0 Å². The van der Waals surface area contributed by atoms with Crippen LogP contribution in [-0.4, -0.2) is 26.4 Å². The zero-order chi connectivity index (χ0) is 24.1. The number of carbonyl (C=O) groups is 1. The highest BCUT2D eigenvalue weighted by Gasteiger charge is 2.18. The molecule has 34 heavy (non-hydrogen) atoms. The lowest BCUT2D eigenvalue weighted by Gasteiger charge is -2.15. The van der Waals surface area contributed by atoms with E-state index in [0.717, 1.165) is 17.7 Å². The maximum absolute atomic E-state index is 14.0. The summed E-state index contributed by atoms with van der Waals surface area (Å²) in [5.41, 5.74) is 1.91. The minimum absolute atomic E-state index is 0.0174. The Bertz CT molecular complexity index is 1280. The molecule has 1 heterocycles. The fourth-order valence-electron chi connectivity index (χ4n) is 3.46. The number of hydrogen-bond acceptors (Lipinski definition) is 4. The Morgan fingerprint density at radius 3 is 2.38 bits per heavy atom. The second-order valence-electron chi connectivity index (χ2n) is 7.63. The maximum atomic E-state index is 14.0. The summed E-state index contributed by atoms with van der Waals surface area (Å²) in [5, 5.41) is 11.7. The molecular weight excluding hydrogens is 461 g/mol. The van der Waals surface area contributed by atoms with Crippen molar-refractivity contribution in [2.24, 2.45) is 0 Å². The molecule has 0 aliphatic carbocycles. The van der Waals surface area contributed by atoms with Crippen LogP contribution in [-0.2, 0) is 11.3 Å². The van der Waals surface area contributed by atoms with E-state index in [1.54, 1.807) is 19.1 Å². The molecule has 0 saturated carbocycles. The highest BCUT2D eigenvalue weighted by atomic mass is 32.2. The number of hydrogen-bond donors (Lipinski definition) is 1. The lowest BCUT2D eigenvalue weighted by Crippen LogP contribution is -2.28. The van der Waals surface area contributed by atoms with Gasteiger partial charge in [0.25, 0.3) is 0 Å². The summed E-state index contributed by atoms with van der Waals surface area (Å²) < 4.78 is 42.4. The summed E-state index contributed by atoms with van der Waals surface area (Å²) in [6, 6.07) is 18.3. The van der Waals surface area contributed by atoms with E-state index >= 15 is 0 Å². The Morgan fingerprint density at radius 1 is 0.971 bits per heavy atom. The van der Waals surface area contributed by atoms with Gasteiger partial charge in [-0.1, -0.05) is 48.2 Å². The zero-order valence-corrected chi connectivity index (χ0v) is 19.0. The van der Waals surface area contributed by atoms with Gasteiger partial charge in [-0.05, 0) is 42.8 Å². The number of benzene rings is 3. The molecule has 0 aliphatic rings. The van der Waals surface area contributed by atoms with Crippen LogP contribution < -0.4 is 5.32 Å². The molecule has 0 aliphatic heterocycles. The number of aromatic nitrogens is 3. The largest absolute Gasteiger partial charge is 0.349 e. The molecule has 0 saturated heterocycles. The summed E-state index contributed by atoms with van der Waals surface area (Å²) >= 11 is 1.19. The van der Waals surface area contributed by atoms with Crippen molar-refractivity contribution in [3.63, 3.8) is 0 Å². The molecule has 1 N–H and O–H groups in total. The maximum Gasteiger partial charge on any atom is 0.230 e. The van der Waals surface area contributed by atoms with Crippen LogP contribution in [0, 0.1) is 17.5 Å².